The van der Waals surface area contributed by atoms with E-state index in [1.165, 1.54) is 11.3 Å². The number of hydrogen-bond donors (Lipinski definition) is 1. The van der Waals surface area contributed by atoms with Crippen LogP contribution < -0.4 is 10.5 Å². The molecular weight excluding hydrogens is 230 g/mol. The van der Waals surface area contributed by atoms with Crippen LogP contribution in [0.15, 0.2) is 18.2 Å². The summed E-state index contributed by atoms with van der Waals surface area (Å²) in [6, 6.07) is 6.24. The molecule has 1 aromatic rings. The lowest BCUT2D eigenvalue weighted by molar-refractivity contribution is 0.314. The average Bonchev–Trinajstić information content (AvgIpc) is 2.30. The number of nitrogens with two attached hydrogens (primary N) is 1. The van der Waals surface area contributed by atoms with Gasteiger partial charge in [0.1, 0.15) is 5.75 Å². The van der Waals surface area contributed by atoms with Gasteiger partial charge in [-0.25, -0.2) is 0 Å². The van der Waals surface area contributed by atoms with Gasteiger partial charge in [0.15, 0.2) is 0 Å². The van der Waals surface area contributed by atoms with Crippen LogP contribution in [0.3, 0.4) is 0 Å². The van der Waals surface area contributed by atoms with Crippen LogP contribution >= 0.6 is 11.8 Å². The van der Waals surface area contributed by atoms with Gasteiger partial charge in [-0.15, -0.1) is 0 Å². The number of aryl methyl sites for hydroxylation is 1. The minimum absolute atomic E-state index is 0.0231. The molecule has 1 atom stereocenters. The zero-order valence-electron chi connectivity index (χ0n) is 11.0. The standard InChI is InChI=1S/C14H23NOS/c1-4-17-9-5-8-16-14-7-6-11(2)10-13(14)12(3)15/h6-7,10,12H,4-5,8-9,15H2,1-3H3/t12-/m1/s1. The van der Waals surface area contributed by atoms with E-state index in [-0.39, 0.29) is 6.04 Å². The van der Waals surface area contributed by atoms with Crippen LogP contribution in [0.5, 0.6) is 5.75 Å². The number of thioether (sulfide) groups is 1. The summed E-state index contributed by atoms with van der Waals surface area (Å²) in [6.45, 7) is 7.03. The van der Waals surface area contributed by atoms with Crippen molar-refractivity contribution in [1.82, 2.24) is 0 Å². The molecule has 3 heteroatoms. The van der Waals surface area contributed by atoms with E-state index in [0.29, 0.717) is 0 Å². The summed E-state index contributed by atoms with van der Waals surface area (Å²) in [5, 5.41) is 0. The lowest BCUT2D eigenvalue weighted by Crippen LogP contribution is -2.09. The monoisotopic (exact) mass is 253 g/mol. The molecule has 0 heterocycles. The highest BCUT2D eigenvalue weighted by Crippen LogP contribution is 2.25. The first-order chi connectivity index (χ1) is 8.15. The van der Waals surface area contributed by atoms with Crippen molar-refractivity contribution >= 4 is 11.8 Å². The van der Waals surface area contributed by atoms with Gasteiger partial charge in [-0.05, 0) is 37.8 Å². The Morgan fingerprint density at radius 3 is 2.82 bits per heavy atom. The van der Waals surface area contributed by atoms with Gasteiger partial charge in [-0.1, -0.05) is 24.6 Å². The molecule has 0 bridgehead atoms. The summed E-state index contributed by atoms with van der Waals surface area (Å²) in [6.07, 6.45) is 1.09. The Bertz CT molecular complexity index is 339. The van der Waals surface area contributed by atoms with Crippen molar-refractivity contribution in [3.63, 3.8) is 0 Å². The lowest BCUT2D eigenvalue weighted by atomic mass is 10.1. The summed E-state index contributed by atoms with van der Waals surface area (Å²) in [7, 11) is 0. The minimum Gasteiger partial charge on any atom is -0.493 e. The molecule has 0 fully saturated rings. The van der Waals surface area contributed by atoms with Crippen LogP contribution in [0.4, 0.5) is 0 Å². The number of rotatable bonds is 7. The van der Waals surface area contributed by atoms with Gasteiger partial charge in [0.25, 0.3) is 0 Å². The first kappa shape index (κ1) is 14.4. The van der Waals surface area contributed by atoms with Crippen molar-refractivity contribution in [2.75, 3.05) is 18.1 Å². The maximum atomic E-state index is 5.95. The van der Waals surface area contributed by atoms with Gasteiger partial charge in [0.05, 0.1) is 6.61 Å². The second-order valence-electron chi connectivity index (χ2n) is 4.23. The molecule has 1 aromatic carbocycles. The van der Waals surface area contributed by atoms with E-state index in [1.807, 2.05) is 24.8 Å². The van der Waals surface area contributed by atoms with Crippen LogP contribution in [-0.2, 0) is 0 Å². The van der Waals surface area contributed by atoms with Crippen molar-refractivity contribution in [3.8, 4) is 5.75 Å². The predicted octanol–water partition coefficient (Wildman–Crippen LogP) is 3.54. The topological polar surface area (TPSA) is 35.2 Å². The maximum Gasteiger partial charge on any atom is 0.124 e. The van der Waals surface area contributed by atoms with Crippen LogP contribution in [0.1, 0.15) is 37.4 Å². The molecule has 1 rings (SSSR count). The van der Waals surface area contributed by atoms with E-state index in [4.69, 9.17) is 10.5 Å². The van der Waals surface area contributed by atoms with Gasteiger partial charge < -0.3 is 10.5 Å². The highest BCUT2D eigenvalue weighted by molar-refractivity contribution is 7.99. The minimum atomic E-state index is 0.0231. The summed E-state index contributed by atoms with van der Waals surface area (Å²) in [4.78, 5) is 0. The summed E-state index contributed by atoms with van der Waals surface area (Å²) >= 11 is 1.95. The fourth-order valence-corrected chi connectivity index (χ4v) is 2.25. The molecule has 0 radical (unpaired) electrons. The fourth-order valence-electron chi connectivity index (χ4n) is 1.64. The third-order valence-electron chi connectivity index (χ3n) is 2.55. The molecule has 0 aliphatic heterocycles. The van der Waals surface area contributed by atoms with Crippen LogP contribution in [-0.4, -0.2) is 18.1 Å². The van der Waals surface area contributed by atoms with E-state index < -0.39 is 0 Å². The van der Waals surface area contributed by atoms with Crippen molar-refractivity contribution in [1.29, 1.82) is 0 Å². The van der Waals surface area contributed by atoms with E-state index in [2.05, 4.69) is 26.0 Å². The highest BCUT2D eigenvalue weighted by Gasteiger charge is 2.08. The quantitative estimate of drug-likeness (QED) is 0.755. The zero-order chi connectivity index (χ0) is 12.7. The predicted molar refractivity (Wildman–Crippen MR) is 76.9 cm³/mol. The van der Waals surface area contributed by atoms with Crippen molar-refractivity contribution in [2.45, 2.75) is 33.2 Å². The number of ether oxygens (including phenoxy) is 1. The zero-order valence-corrected chi connectivity index (χ0v) is 11.8. The van der Waals surface area contributed by atoms with Crippen molar-refractivity contribution in [2.24, 2.45) is 5.73 Å². The molecule has 0 unspecified atom stereocenters. The van der Waals surface area contributed by atoms with Crippen LogP contribution in [0.2, 0.25) is 0 Å². The summed E-state index contributed by atoms with van der Waals surface area (Å²) in [5.41, 5.74) is 8.28. The average molecular weight is 253 g/mol. The van der Waals surface area contributed by atoms with Crippen LogP contribution in [0, 0.1) is 6.92 Å². The number of hydrogen-bond acceptors (Lipinski definition) is 3. The summed E-state index contributed by atoms with van der Waals surface area (Å²) < 4.78 is 5.81. The molecular formula is C14H23NOS. The largest absolute Gasteiger partial charge is 0.493 e. The molecule has 0 aliphatic carbocycles. The van der Waals surface area contributed by atoms with E-state index in [9.17, 15) is 0 Å². The molecule has 0 aromatic heterocycles. The molecule has 17 heavy (non-hydrogen) atoms. The SMILES string of the molecule is CCSCCCOc1ccc(C)cc1[C@@H](C)N. The van der Waals surface area contributed by atoms with Crippen molar-refractivity contribution in [3.05, 3.63) is 29.3 Å². The summed E-state index contributed by atoms with van der Waals surface area (Å²) in [5.74, 6) is 3.28. The first-order valence-corrected chi connectivity index (χ1v) is 7.37. The van der Waals surface area contributed by atoms with E-state index in [1.54, 1.807) is 0 Å². The van der Waals surface area contributed by atoms with Crippen molar-refractivity contribution < 1.29 is 4.74 Å². The van der Waals surface area contributed by atoms with Gasteiger partial charge in [0.2, 0.25) is 0 Å². The van der Waals surface area contributed by atoms with Gasteiger partial charge >= 0.3 is 0 Å². The Labute approximate surface area is 109 Å². The molecule has 0 saturated carbocycles. The Balaban J connectivity index is 2.52. The smallest absolute Gasteiger partial charge is 0.124 e. The third kappa shape index (κ3) is 5.00. The third-order valence-corrected chi connectivity index (χ3v) is 3.54. The molecule has 0 aliphatic rings. The normalized spacial score (nSPS) is 12.5. The molecule has 2 nitrogen and oxygen atoms in total. The first-order valence-electron chi connectivity index (χ1n) is 6.21. The second kappa shape index (κ2) is 7.62. The Morgan fingerprint density at radius 2 is 2.18 bits per heavy atom. The van der Waals surface area contributed by atoms with E-state index in [0.717, 1.165) is 30.1 Å². The molecule has 0 spiro atoms. The fraction of sp³-hybridized carbons (Fsp3) is 0.571. The maximum absolute atomic E-state index is 5.95. The molecule has 0 saturated heterocycles. The lowest BCUT2D eigenvalue weighted by Gasteiger charge is -2.14. The Hall–Kier alpha value is -0.670. The van der Waals surface area contributed by atoms with Crippen LogP contribution in [0.25, 0.3) is 0 Å². The van der Waals surface area contributed by atoms with Gasteiger partial charge in [-0.2, -0.15) is 11.8 Å². The van der Waals surface area contributed by atoms with Gasteiger partial charge in [-0.3, -0.25) is 0 Å². The molecule has 2 N–H and O–H groups in total. The Kier molecular flexibility index (Phi) is 6.45. The molecule has 0 amide bonds. The Morgan fingerprint density at radius 1 is 1.41 bits per heavy atom. The highest BCUT2D eigenvalue weighted by atomic mass is 32.2. The van der Waals surface area contributed by atoms with E-state index >= 15 is 0 Å². The van der Waals surface area contributed by atoms with Gasteiger partial charge in [0, 0.05) is 11.6 Å². The number of benzene rings is 1. The second-order valence-corrected chi connectivity index (χ2v) is 5.62. The molecule has 96 valence electrons.